The molecule has 0 unspecified atom stereocenters. The topological polar surface area (TPSA) is 108 Å². The lowest BCUT2D eigenvalue weighted by Gasteiger charge is -2.41. The van der Waals surface area contributed by atoms with Crippen LogP contribution in [0.15, 0.2) is 97.1 Å². The highest BCUT2D eigenvalue weighted by molar-refractivity contribution is 6.08. The number of hydrogen-bond donors (Lipinski definition) is 1. The lowest BCUT2D eigenvalue weighted by molar-refractivity contribution is 0.0193. The Labute approximate surface area is 340 Å². The average molecular weight is 782 g/mol. The molecular formula is C47H51N5O6. The van der Waals surface area contributed by atoms with Crippen molar-refractivity contribution in [1.82, 2.24) is 19.3 Å². The average Bonchev–Trinajstić information content (AvgIpc) is 3.55. The van der Waals surface area contributed by atoms with Gasteiger partial charge in [0.05, 0.1) is 18.8 Å². The molecule has 11 heteroatoms. The van der Waals surface area contributed by atoms with E-state index in [0.717, 1.165) is 66.1 Å². The standard InChI is InChI=1S/C47H51N5O6/c1-4-19-51(37-14-16-39(53)17-15-37)45(54)41-28-44(48(3)32(41)2)42-26-34-18-20-50(47(56)58-40-12-6-5-7-13-40)29-36(34)27-43(42)46(55)52-30-35-11-9-8-10-33(35)25-38(52)31-49-21-23-57-24-22-49/h5-17,26-28,38,53H,4,18-25,29-31H2,1-3H3/t38-/m0/s1. The van der Waals surface area contributed by atoms with E-state index in [1.165, 1.54) is 5.56 Å². The number of rotatable bonds is 9. The van der Waals surface area contributed by atoms with Gasteiger partial charge in [-0.1, -0.05) is 49.4 Å². The van der Waals surface area contributed by atoms with Crippen LogP contribution in [-0.4, -0.2) is 94.3 Å². The summed E-state index contributed by atoms with van der Waals surface area (Å²) < 4.78 is 13.4. The molecule has 58 heavy (non-hydrogen) atoms. The van der Waals surface area contributed by atoms with Gasteiger partial charge in [0.1, 0.15) is 11.5 Å². The van der Waals surface area contributed by atoms with Crippen LogP contribution in [0, 0.1) is 6.92 Å². The third-order valence-electron chi connectivity index (χ3n) is 11.9. The van der Waals surface area contributed by atoms with Gasteiger partial charge in [0.25, 0.3) is 11.8 Å². The van der Waals surface area contributed by atoms with E-state index in [1.54, 1.807) is 46.2 Å². The number of fused-ring (bicyclic) bond motifs is 2. The highest BCUT2D eigenvalue weighted by atomic mass is 16.6. The van der Waals surface area contributed by atoms with E-state index in [1.807, 2.05) is 66.8 Å². The molecule has 1 atom stereocenters. The number of ether oxygens (including phenoxy) is 2. The smallest absolute Gasteiger partial charge is 0.415 e. The fraction of sp³-hybridized carbons (Fsp3) is 0.340. The number of phenols is 1. The van der Waals surface area contributed by atoms with E-state index < -0.39 is 6.09 Å². The largest absolute Gasteiger partial charge is 0.508 e. The number of hydrogen-bond acceptors (Lipinski definition) is 7. The van der Waals surface area contributed by atoms with Crippen molar-refractivity contribution >= 4 is 23.6 Å². The highest BCUT2D eigenvalue weighted by Crippen LogP contribution is 2.36. The fourth-order valence-corrected chi connectivity index (χ4v) is 8.56. The molecule has 1 N–H and O–H groups in total. The molecule has 11 nitrogen and oxygen atoms in total. The molecule has 4 heterocycles. The Hall–Kier alpha value is -5.91. The fourth-order valence-electron chi connectivity index (χ4n) is 8.56. The minimum atomic E-state index is -0.432. The summed E-state index contributed by atoms with van der Waals surface area (Å²) in [5.41, 5.74) is 8.42. The Morgan fingerprint density at radius 1 is 0.828 bits per heavy atom. The van der Waals surface area contributed by atoms with Gasteiger partial charge in [-0.25, -0.2) is 4.79 Å². The van der Waals surface area contributed by atoms with E-state index in [4.69, 9.17) is 9.47 Å². The summed E-state index contributed by atoms with van der Waals surface area (Å²) in [4.78, 5) is 51.1. The van der Waals surface area contributed by atoms with Crippen LogP contribution >= 0.6 is 0 Å². The summed E-state index contributed by atoms with van der Waals surface area (Å²) in [6.07, 6.45) is 1.64. The van der Waals surface area contributed by atoms with Gasteiger partial charge in [-0.3, -0.25) is 14.5 Å². The third-order valence-corrected chi connectivity index (χ3v) is 11.9. The van der Waals surface area contributed by atoms with Crippen LogP contribution in [0.3, 0.4) is 0 Å². The number of carbonyl (C=O) groups is 3. The SMILES string of the molecule is CCCN(C(=O)c1cc(-c2cc3c(cc2C(=O)N2Cc4ccccc4C[C@H]2CN2CCOCC2)CN(C(=O)Oc2ccccc2)CC3)n(C)c1C)c1ccc(O)cc1. The Kier molecular flexibility index (Phi) is 11.3. The summed E-state index contributed by atoms with van der Waals surface area (Å²) in [7, 11) is 1.94. The summed E-state index contributed by atoms with van der Waals surface area (Å²) in [5.74, 6) is 0.381. The molecule has 5 aromatic rings. The first-order valence-corrected chi connectivity index (χ1v) is 20.3. The maximum Gasteiger partial charge on any atom is 0.415 e. The predicted octanol–water partition coefficient (Wildman–Crippen LogP) is 7.22. The molecule has 300 valence electrons. The minimum absolute atomic E-state index is 0.0677. The predicted molar refractivity (Wildman–Crippen MR) is 223 cm³/mol. The second kappa shape index (κ2) is 16.9. The number of nitrogens with zero attached hydrogens (tertiary/aromatic N) is 5. The number of aromatic hydroxyl groups is 1. The van der Waals surface area contributed by atoms with Crippen molar-refractivity contribution in [3.8, 4) is 22.8 Å². The normalized spacial score (nSPS) is 16.7. The highest BCUT2D eigenvalue weighted by Gasteiger charge is 2.35. The molecule has 0 bridgehead atoms. The number of morpholine rings is 1. The molecule has 1 fully saturated rings. The van der Waals surface area contributed by atoms with Gasteiger partial charge in [-0.2, -0.15) is 0 Å². The Morgan fingerprint density at radius 3 is 2.29 bits per heavy atom. The lowest BCUT2D eigenvalue weighted by Crippen LogP contribution is -2.52. The molecule has 0 radical (unpaired) electrons. The van der Waals surface area contributed by atoms with E-state index in [-0.39, 0.29) is 23.6 Å². The second-order valence-electron chi connectivity index (χ2n) is 15.6. The van der Waals surface area contributed by atoms with Crippen molar-refractivity contribution in [2.75, 3.05) is 50.8 Å². The summed E-state index contributed by atoms with van der Waals surface area (Å²) >= 11 is 0. The zero-order chi connectivity index (χ0) is 40.3. The quantitative estimate of drug-likeness (QED) is 0.168. The van der Waals surface area contributed by atoms with E-state index in [0.29, 0.717) is 68.4 Å². The van der Waals surface area contributed by atoms with Crippen molar-refractivity contribution in [2.24, 2.45) is 7.05 Å². The van der Waals surface area contributed by atoms with Crippen molar-refractivity contribution in [3.05, 3.63) is 136 Å². The molecule has 3 aliphatic rings. The molecular weight excluding hydrogens is 731 g/mol. The first kappa shape index (κ1) is 38.9. The minimum Gasteiger partial charge on any atom is -0.508 e. The van der Waals surface area contributed by atoms with E-state index >= 15 is 4.79 Å². The van der Waals surface area contributed by atoms with Crippen molar-refractivity contribution in [3.63, 3.8) is 0 Å². The number of carbonyl (C=O) groups excluding carboxylic acids is 3. The number of amides is 3. The van der Waals surface area contributed by atoms with Crippen molar-refractivity contribution in [2.45, 2.75) is 52.2 Å². The maximum atomic E-state index is 15.4. The monoisotopic (exact) mass is 781 g/mol. The molecule has 4 aromatic carbocycles. The van der Waals surface area contributed by atoms with Gasteiger partial charge >= 0.3 is 6.09 Å². The van der Waals surface area contributed by atoms with Gasteiger partial charge in [0, 0.05) is 87.1 Å². The zero-order valence-electron chi connectivity index (χ0n) is 33.5. The van der Waals surface area contributed by atoms with Crippen LogP contribution in [-0.2, 0) is 37.7 Å². The summed E-state index contributed by atoms with van der Waals surface area (Å²) in [5, 5.41) is 9.96. The molecule has 8 rings (SSSR count). The Morgan fingerprint density at radius 2 is 1.55 bits per heavy atom. The Balaban J connectivity index is 1.20. The van der Waals surface area contributed by atoms with Gasteiger partial charge in [-0.15, -0.1) is 0 Å². The molecule has 1 saturated heterocycles. The molecule has 0 spiro atoms. The molecule has 0 saturated carbocycles. The third kappa shape index (κ3) is 7.97. The molecule has 1 aromatic heterocycles. The van der Waals surface area contributed by atoms with Crippen LogP contribution in [0.4, 0.5) is 10.5 Å². The lowest BCUT2D eigenvalue weighted by atomic mass is 9.89. The van der Waals surface area contributed by atoms with Crippen molar-refractivity contribution in [1.29, 1.82) is 0 Å². The van der Waals surface area contributed by atoms with Gasteiger partial charge in [-0.05, 0) is 103 Å². The molecule has 3 aliphatic heterocycles. The van der Waals surface area contributed by atoms with Gasteiger partial charge in [0.15, 0.2) is 0 Å². The first-order chi connectivity index (χ1) is 28.2. The van der Waals surface area contributed by atoms with E-state index in [9.17, 15) is 14.7 Å². The maximum absolute atomic E-state index is 15.4. The zero-order valence-corrected chi connectivity index (χ0v) is 33.5. The van der Waals surface area contributed by atoms with Crippen molar-refractivity contribution < 1.29 is 29.0 Å². The van der Waals surface area contributed by atoms with E-state index in [2.05, 4.69) is 29.2 Å². The molecule has 3 amide bonds. The van der Waals surface area contributed by atoms with Crippen LogP contribution < -0.4 is 9.64 Å². The number of anilines is 1. The number of phenolic OH excluding ortho intramolecular Hbond substituents is 1. The second-order valence-corrected chi connectivity index (χ2v) is 15.6. The van der Waals surface area contributed by atoms with Gasteiger partial charge < -0.3 is 33.8 Å². The number of benzene rings is 4. The Bertz CT molecular complexity index is 2300. The summed E-state index contributed by atoms with van der Waals surface area (Å²) in [6.45, 7) is 9.42. The first-order valence-electron chi connectivity index (χ1n) is 20.3. The summed E-state index contributed by atoms with van der Waals surface area (Å²) in [6, 6.07) is 30.1. The van der Waals surface area contributed by atoms with Crippen LogP contribution in [0.25, 0.3) is 11.3 Å². The van der Waals surface area contributed by atoms with Crippen LogP contribution in [0.2, 0.25) is 0 Å². The van der Waals surface area contributed by atoms with Crippen LogP contribution in [0.1, 0.15) is 62.0 Å². The van der Waals surface area contributed by atoms with Gasteiger partial charge in [0.2, 0.25) is 0 Å². The number of aromatic nitrogens is 1. The molecule has 0 aliphatic carbocycles. The number of para-hydroxylation sites is 1. The van der Waals surface area contributed by atoms with Crippen LogP contribution in [0.5, 0.6) is 11.5 Å².